The van der Waals surface area contributed by atoms with Gasteiger partial charge in [0.05, 0.1) is 0 Å². The molecule has 136 valence electrons. The fourth-order valence-corrected chi connectivity index (χ4v) is 2.10. The van der Waals surface area contributed by atoms with Crippen LogP contribution in [0.4, 0.5) is 18.9 Å². The van der Waals surface area contributed by atoms with Crippen molar-refractivity contribution in [2.75, 3.05) is 5.32 Å². The van der Waals surface area contributed by atoms with E-state index in [0.717, 1.165) is 11.1 Å². The largest absolute Gasteiger partial charge is 0.471 e. The highest BCUT2D eigenvalue weighted by molar-refractivity contribution is 6.02. The lowest BCUT2D eigenvalue weighted by Gasteiger charge is -2.12. The Bertz CT molecular complexity index is 812. The Balaban J connectivity index is 2.01. The maximum absolute atomic E-state index is 12.3. The number of para-hydroxylation sites is 1. The number of carbonyl (C=O) groups is 2. The van der Waals surface area contributed by atoms with E-state index in [1.165, 1.54) is 12.1 Å². The highest BCUT2D eigenvalue weighted by Gasteiger charge is 2.38. The third kappa shape index (κ3) is 5.77. The monoisotopic (exact) mass is 362 g/mol. The minimum Gasteiger partial charge on any atom is -0.344 e. The molecule has 0 aliphatic heterocycles. The average molecular weight is 362 g/mol. The number of aryl methyl sites for hydroxylation is 1. The summed E-state index contributed by atoms with van der Waals surface area (Å²) >= 11 is 0. The summed E-state index contributed by atoms with van der Waals surface area (Å²) in [5.74, 6) is -2.46. The van der Waals surface area contributed by atoms with Crippen molar-refractivity contribution >= 4 is 23.6 Å². The molecule has 0 aliphatic rings. The normalized spacial score (nSPS) is 11.4. The van der Waals surface area contributed by atoms with Crippen LogP contribution in [0.3, 0.4) is 0 Å². The second-order valence-corrected chi connectivity index (χ2v) is 5.57. The third-order valence-electron chi connectivity index (χ3n) is 3.48. The summed E-state index contributed by atoms with van der Waals surface area (Å²) in [6.07, 6.45) is -1.99. The zero-order valence-electron chi connectivity index (χ0n) is 13.9. The summed E-state index contributed by atoms with van der Waals surface area (Å²) in [7, 11) is 0. The van der Waals surface area contributed by atoms with Crippen LogP contribution in [0.5, 0.6) is 0 Å². The van der Waals surface area contributed by atoms with Crippen LogP contribution < -0.4 is 10.6 Å². The Kier molecular flexibility index (Phi) is 6.16. The molecule has 0 aliphatic carbocycles. The molecule has 0 heterocycles. The molecule has 0 spiro atoms. The Morgan fingerprint density at radius 1 is 1.04 bits per heavy atom. The summed E-state index contributed by atoms with van der Waals surface area (Å²) in [6.45, 7) is 1.60. The van der Waals surface area contributed by atoms with Crippen LogP contribution in [-0.2, 0) is 16.1 Å². The second kappa shape index (κ2) is 8.33. The standard InChI is InChI=1S/C19H17F3N2O2/c1-13-6-8-14(9-7-13)10-11-17(25)24-16-5-3-2-4-15(16)12-23-18(26)19(20,21)22/h2-11H,12H2,1H3,(H,23,26)(H,24,25)/b11-10+. The lowest BCUT2D eigenvalue weighted by atomic mass is 10.1. The topological polar surface area (TPSA) is 58.2 Å². The molecule has 0 aromatic heterocycles. The molecule has 0 unspecified atom stereocenters. The zero-order chi connectivity index (χ0) is 19.2. The van der Waals surface area contributed by atoms with Crippen LogP contribution in [0.1, 0.15) is 16.7 Å². The van der Waals surface area contributed by atoms with E-state index in [9.17, 15) is 22.8 Å². The highest BCUT2D eigenvalue weighted by atomic mass is 19.4. The van der Waals surface area contributed by atoms with Gasteiger partial charge in [0, 0.05) is 18.3 Å². The molecule has 0 saturated heterocycles. The minimum absolute atomic E-state index is 0.327. The number of amides is 2. The predicted molar refractivity (Wildman–Crippen MR) is 93.2 cm³/mol. The van der Waals surface area contributed by atoms with Crippen molar-refractivity contribution in [2.24, 2.45) is 0 Å². The second-order valence-electron chi connectivity index (χ2n) is 5.57. The molecular formula is C19H17F3N2O2. The van der Waals surface area contributed by atoms with Gasteiger partial charge >= 0.3 is 12.1 Å². The van der Waals surface area contributed by atoms with Crippen LogP contribution in [0.25, 0.3) is 6.08 Å². The van der Waals surface area contributed by atoms with Crippen molar-refractivity contribution in [3.8, 4) is 0 Å². The maximum atomic E-state index is 12.3. The first-order valence-corrected chi connectivity index (χ1v) is 7.74. The van der Waals surface area contributed by atoms with Crippen LogP contribution in [-0.4, -0.2) is 18.0 Å². The molecule has 0 bridgehead atoms. The minimum atomic E-state index is -4.95. The Morgan fingerprint density at radius 3 is 2.35 bits per heavy atom. The first-order valence-electron chi connectivity index (χ1n) is 7.74. The fraction of sp³-hybridized carbons (Fsp3) is 0.158. The zero-order valence-corrected chi connectivity index (χ0v) is 13.9. The van der Waals surface area contributed by atoms with Gasteiger partial charge in [-0.2, -0.15) is 13.2 Å². The first-order chi connectivity index (χ1) is 12.3. The lowest BCUT2D eigenvalue weighted by Crippen LogP contribution is -2.36. The molecule has 0 radical (unpaired) electrons. The fourth-order valence-electron chi connectivity index (χ4n) is 2.10. The summed E-state index contributed by atoms with van der Waals surface area (Å²) in [4.78, 5) is 23.0. The predicted octanol–water partition coefficient (Wildman–Crippen LogP) is 3.83. The number of hydrogen-bond donors (Lipinski definition) is 2. The molecular weight excluding hydrogens is 345 g/mol. The third-order valence-corrected chi connectivity index (χ3v) is 3.48. The van der Waals surface area contributed by atoms with E-state index in [1.54, 1.807) is 29.6 Å². The molecule has 0 saturated carbocycles. The first kappa shape index (κ1) is 19.2. The van der Waals surface area contributed by atoms with Crippen LogP contribution in [0.2, 0.25) is 0 Å². The van der Waals surface area contributed by atoms with Crippen LogP contribution in [0.15, 0.2) is 54.6 Å². The van der Waals surface area contributed by atoms with E-state index in [-0.39, 0.29) is 6.54 Å². The van der Waals surface area contributed by atoms with Crippen molar-refractivity contribution in [1.29, 1.82) is 0 Å². The van der Waals surface area contributed by atoms with Gasteiger partial charge in [0.1, 0.15) is 0 Å². The summed E-state index contributed by atoms with van der Waals surface area (Å²) in [6, 6.07) is 13.9. The highest BCUT2D eigenvalue weighted by Crippen LogP contribution is 2.18. The van der Waals surface area contributed by atoms with Crippen LogP contribution >= 0.6 is 0 Å². The van der Waals surface area contributed by atoms with Gasteiger partial charge in [-0.1, -0.05) is 48.0 Å². The number of nitrogens with one attached hydrogen (secondary N) is 2. The van der Waals surface area contributed by atoms with Gasteiger partial charge in [0.15, 0.2) is 0 Å². The Hall–Kier alpha value is -3.09. The van der Waals surface area contributed by atoms with Crippen molar-refractivity contribution in [1.82, 2.24) is 5.32 Å². The van der Waals surface area contributed by atoms with Gasteiger partial charge in [-0.15, -0.1) is 0 Å². The van der Waals surface area contributed by atoms with Gasteiger partial charge in [-0.05, 0) is 30.2 Å². The molecule has 2 amide bonds. The molecule has 2 N–H and O–H groups in total. The Morgan fingerprint density at radius 2 is 1.69 bits per heavy atom. The van der Waals surface area contributed by atoms with E-state index < -0.39 is 18.0 Å². The van der Waals surface area contributed by atoms with Gasteiger partial charge in [0.2, 0.25) is 5.91 Å². The molecule has 26 heavy (non-hydrogen) atoms. The van der Waals surface area contributed by atoms with Crippen molar-refractivity contribution in [2.45, 2.75) is 19.6 Å². The molecule has 4 nitrogen and oxygen atoms in total. The van der Waals surface area contributed by atoms with E-state index in [2.05, 4.69) is 5.32 Å². The summed E-state index contributed by atoms with van der Waals surface area (Å²) < 4.78 is 36.8. The molecule has 0 fully saturated rings. The smallest absolute Gasteiger partial charge is 0.344 e. The van der Waals surface area contributed by atoms with Gasteiger partial charge < -0.3 is 10.6 Å². The number of benzene rings is 2. The Labute approximate surface area is 148 Å². The van der Waals surface area contributed by atoms with Crippen molar-refractivity contribution < 1.29 is 22.8 Å². The van der Waals surface area contributed by atoms with E-state index >= 15 is 0 Å². The van der Waals surface area contributed by atoms with Gasteiger partial charge in [-0.3, -0.25) is 9.59 Å². The number of rotatable bonds is 5. The van der Waals surface area contributed by atoms with Crippen LogP contribution in [0, 0.1) is 6.92 Å². The summed E-state index contributed by atoms with van der Waals surface area (Å²) in [5.41, 5.74) is 2.63. The maximum Gasteiger partial charge on any atom is 0.471 e. The number of halogens is 3. The number of alkyl halides is 3. The quantitative estimate of drug-likeness (QED) is 0.795. The average Bonchev–Trinajstić information content (AvgIpc) is 2.59. The number of anilines is 1. The van der Waals surface area contributed by atoms with E-state index in [4.69, 9.17) is 0 Å². The van der Waals surface area contributed by atoms with Gasteiger partial charge in [0.25, 0.3) is 0 Å². The molecule has 7 heteroatoms. The molecule has 0 atom stereocenters. The molecule has 2 aromatic rings. The number of hydrogen-bond acceptors (Lipinski definition) is 2. The molecule has 2 rings (SSSR count). The SMILES string of the molecule is Cc1ccc(/C=C/C(=O)Nc2ccccc2CNC(=O)C(F)(F)F)cc1. The summed E-state index contributed by atoms with van der Waals surface area (Å²) in [5, 5.41) is 4.38. The lowest BCUT2D eigenvalue weighted by molar-refractivity contribution is -0.173. The van der Waals surface area contributed by atoms with E-state index in [0.29, 0.717) is 11.3 Å². The van der Waals surface area contributed by atoms with Crippen molar-refractivity contribution in [3.63, 3.8) is 0 Å². The van der Waals surface area contributed by atoms with E-state index in [1.807, 2.05) is 31.2 Å². The van der Waals surface area contributed by atoms with Gasteiger partial charge in [-0.25, -0.2) is 0 Å². The number of carbonyl (C=O) groups excluding carboxylic acids is 2. The van der Waals surface area contributed by atoms with Crippen molar-refractivity contribution in [3.05, 3.63) is 71.3 Å². The molecule has 2 aromatic carbocycles.